The van der Waals surface area contributed by atoms with Crippen LogP contribution in [0.2, 0.25) is 0 Å². The summed E-state index contributed by atoms with van der Waals surface area (Å²) in [5, 5.41) is 8.74. The zero-order valence-corrected chi connectivity index (χ0v) is 16.1. The van der Waals surface area contributed by atoms with Crippen molar-refractivity contribution < 1.29 is 14.4 Å². The van der Waals surface area contributed by atoms with Gasteiger partial charge in [0.1, 0.15) is 5.54 Å². The van der Waals surface area contributed by atoms with Crippen LogP contribution in [0.3, 0.4) is 0 Å². The minimum atomic E-state index is -0.819. The molecule has 0 aromatic heterocycles. The van der Waals surface area contributed by atoms with Crippen LogP contribution < -0.4 is 16.0 Å². The molecule has 2 fully saturated rings. The summed E-state index contributed by atoms with van der Waals surface area (Å²) in [6.45, 7) is 4.49. The normalized spacial score (nSPS) is 23.2. The second-order valence-corrected chi connectivity index (χ2v) is 7.84. The molecular weight excluding hydrogens is 342 g/mol. The Kier molecular flexibility index (Phi) is 5.82. The minimum Gasteiger partial charge on any atom is -0.354 e. The van der Waals surface area contributed by atoms with Gasteiger partial charge in [0.05, 0.1) is 0 Å². The van der Waals surface area contributed by atoms with Crippen LogP contribution in [-0.2, 0) is 9.59 Å². The number of carbonyl (C=O) groups is 3. The van der Waals surface area contributed by atoms with Gasteiger partial charge >= 0.3 is 0 Å². The predicted molar refractivity (Wildman–Crippen MR) is 104 cm³/mol. The van der Waals surface area contributed by atoms with E-state index in [9.17, 15) is 14.4 Å². The summed E-state index contributed by atoms with van der Waals surface area (Å²) >= 11 is 0. The fourth-order valence-corrected chi connectivity index (χ4v) is 3.81. The molecular formula is C21H29N3O3. The number of nitrogens with one attached hydrogen (secondary N) is 3. The lowest BCUT2D eigenvalue weighted by Gasteiger charge is -2.36. The second-order valence-electron chi connectivity index (χ2n) is 7.84. The van der Waals surface area contributed by atoms with E-state index in [2.05, 4.69) is 22.9 Å². The van der Waals surface area contributed by atoms with Gasteiger partial charge in [-0.3, -0.25) is 14.4 Å². The summed E-state index contributed by atoms with van der Waals surface area (Å²) < 4.78 is 0. The van der Waals surface area contributed by atoms with Gasteiger partial charge in [-0.1, -0.05) is 26.2 Å². The second kappa shape index (κ2) is 8.11. The molecule has 6 nitrogen and oxygen atoms in total. The molecule has 0 radical (unpaired) electrons. The van der Waals surface area contributed by atoms with E-state index in [1.807, 2.05) is 6.92 Å². The third-order valence-corrected chi connectivity index (χ3v) is 5.69. The Morgan fingerprint density at radius 3 is 2.26 bits per heavy atom. The van der Waals surface area contributed by atoms with Gasteiger partial charge in [0.25, 0.3) is 5.91 Å². The minimum absolute atomic E-state index is 0.0390. The molecule has 2 aliphatic rings. The van der Waals surface area contributed by atoms with Gasteiger partial charge in [-0.25, -0.2) is 0 Å². The fraction of sp³-hybridized carbons (Fsp3) is 0.571. The van der Waals surface area contributed by atoms with Crippen LogP contribution in [0.1, 0.15) is 62.7 Å². The van der Waals surface area contributed by atoms with Gasteiger partial charge in [0, 0.05) is 23.7 Å². The highest BCUT2D eigenvalue weighted by Crippen LogP contribution is 2.38. The first-order chi connectivity index (χ1) is 12.9. The Balaban J connectivity index is 1.65. The maximum absolute atomic E-state index is 12.7. The van der Waals surface area contributed by atoms with Crippen molar-refractivity contribution in [3.63, 3.8) is 0 Å². The van der Waals surface area contributed by atoms with Crippen molar-refractivity contribution in [2.24, 2.45) is 11.8 Å². The van der Waals surface area contributed by atoms with E-state index >= 15 is 0 Å². The molecule has 0 bridgehead atoms. The highest BCUT2D eigenvalue weighted by molar-refractivity contribution is 6.00. The highest BCUT2D eigenvalue weighted by Gasteiger charge is 2.41. The predicted octanol–water partition coefficient (Wildman–Crippen LogP) is 2.85. The summed E-state index contributed by atoms with van der Waals surface area (Å²) in [4.78, 5) is 37.3. The Morgan fingerprint density at radius 2 is 1.70 bits per heavy atom. The number of likely N-dealkylation sites (N-methyl/N-ethyl adjacent to an activating group) is 1. The van der Waals surface area contributed by atoms with Crippen LogP contribution >= 0.6 is 0 Å². The molecule has 1 aromatic carbocycles. The van der Waals surface area contributed by atoms with E-state index in [0.29, 0.717) is 36.6 Å². The van der Waals surface area contributed by atoms with Gasteiger partial charge in [-0.15, -0.1) is 0 Å². The van der Waals surface area contributed by atoms with E-state index in [4.69, 9.17) is 0 Å². The van der Waals surface area contributed by atoms with Crippen molar-refractivity contribution >= 4 is 23.4 Å². The topological polar surface area (TPSA) is 87.3 Å². The lowest BCUT2D eigenvalue weighted by molar-refractivity contribution is -0.128. The lowest BCUT2D eigenvalue weighted by Crippen LogP contribution is -2.59. The largest absolute Gasteiger partial charge is 0.354 e. The van der Waals surface area contributed by atoms with E-state index in [-0.39, 0.29) is 23.6 Å². The Morgan fingerprint density at radius 1 is 1.07 bits per heavy atom. The van der Waals surface area contributed by atoms with Gasteiger partial charge in [-0.2, -0.15) is 0 Å². The zero-order chi connectivity index (χ0) is 19.4. The van der Waals surface area contributed by atoms with Crippen molar-refractivity contribution in [2.75, 3.05) is 11.9 Å². The van der Waals surface area contributed by atoms with Crippen molar-refractivity contribution in [3.8, 4) is 0 Å². The average molecular weight is 371 g/mol. The van der Waals surface area contributed by atoms with Gasteiger partial charge in [-0.05, 0) is 56.4 Å². The molecule has 3 N–H and O–H groups in total. The average Bonchev–Trinajstić information content (AvgIpc) is 3.40. The van der Waals surface area contributed by atoms with E-state index in [1.165, 1.54) is 0 Å². The smallest absolute Gasteiger partial charge is 0.252 e. The van der Waals surface area contributed by atoms with E-state index in [1.54, 1.807) is 24.3 Å². The first kappa shape index (κ1) is 19.4. The zero-order valence-electron chi connectivity index (χ0n) is 16.1. The van der Waals surface area contributed by atoms with E-state index in [0.717, 1.165) is 25.7 Å². The molecule has 6 heteroatoms. The number of benzene rings is 1. The van der Waals surface area contributed by atoms with Gasteiger partial charge < -0.3 is 16.0 Å². The number of anilines is 1. The Bertz CT molecular complexity index is 708. The van der Waals surface area contributed by atoms with Crippen LogP contribution in [0.25, 0.3) is 0 Å². The summed E-state index contributed by atoms with van der Waals surface area (Å²) in [5.41, 5.74) is 0.356. The van der Waals surface area contributed by atoms with Crippen LogP contribution in [0.4, 0.5) is 5.69 Å². The molecule has 146 valence electrons. The Labute approximate surface area is 160 Å². The van der Waals surface area contributed by atoms with E-state index < -0.39 is 5.54 Å². The van der Waals surface area contributed by atoms with Crippen molar-refractivity contribution in [1.82, 2.24) is 10.6 Å². The molecule has 27 heavy (non-hydrogen) atoms. The first-order valence-corrected chi connectivity index (χ1v) is 9.97. The molecule has 1 aromatic rings. The summed E-state index contributed by atoms with van der Waals surface area (Å²) in [6.07, 6.45) is 5.22. The van der Waals surface area contributed by atoms with Crippen LogP contribution in [0.15, 0.2) is 24.3 Å². The maximum atomic E-state index is 12.7. The molecule has 3 amide bonds. The van der Waals surface area contributed by atoms with Crippen LogP contribution in [-0.4, -0.2) is 29.8 Å². The third kappa shape index (κ3) is 4.49. The van der Waals surface area contributed by atoms with Gasteiger partial charge in [0.2, 0.25) is 11.8 Å². The first-order valence-electron chi connectivity index (χ1n) is 9.97. The quantitative estimate of drug-likeness (QED) is 0.718. The van der Waals surface area contributed by atoms with Crippen LogP contribution in [0, 0.1) is 11.8 Å². The molecule has 0 saturated heterocycles. The fourth-order valence-electron chi connectivity index (χ4n) is 3.81. The molecule has 0 heterocycles. The number of rotatable bonds is 6. The molecule has 3 rings (SSSR count). The molecule has 0 unspecified atom stereocenters. The maximum Gasteiger partial charge on any atom is 0.252 e. The standard InChI is InChI=1S/C21H29N3O3/c1-3-22-20(27)21(11-5-4-6-12-21)24-18(25)15-7-9-16(10-8-15)23-19(26)17-13-14(17)2/h7-10,14,17H,3-6,11-13H2,1-2H3,(H,22,27)(H,23,26)(H,24,25)/t14-,17-/m0/s1. The summed E-state index contributed by atoms with van der Waals surface area (Å²) in [7, 11) is 0. The van der Waals surface area contributed by atoms with Crippen molar-refractivity contribution in [3.05, 3.63) is 29.8 Å². The number of hydrogen-bond acceptors (Lipinski definition) is 3. The monoisotopic (exact) mass is 371 g/mol. The van der Waals surface area contributed by atoms with Crippen molar-refractivity contribution in [1.29, 1.82) is 0 Å². The lowest BCUT2D eigenvalue weighted by atomic mass is 9.80. The SMILES string of the molecule is CCNC(=O)C1(NC(=O)c2ccc(NC(=O)[C@H]3C[C@@H]3C)cc2)CCCCC1. The molecule has 2 aliphatic carbocycles. The summed E-state index contributed by atoms with van der Waals surface area (Å²) in [5.74, 6) is 0.252. The van der Waals surface area contributed by atoms with Crippen LogP contribution in [0.5, 0.6) is 0 Å². The highest BCUT2D eigenvalue weighted by atomic mass is 16.2. The Hall–Kier alpha value is -2.37. The number of hydrogen-bond donors (Lipinski definition) is 3. The molecule has 2 atom stereocenters. The van der Waals surface area contributed by atoms with Crippen molar-refractivity contribution in [2.45, 2.75) is 57.9 Å². The molecule has 0 aliphatic heterocycles. The number of carbonyl (C=O) groups excluding carboxylic acids is 3. The molecule has 0 spiro atoms. The third-order valence-electron chi connectivity index (χ3n) is 5.69. The summed E-state index contributed by atoms with van der Waals surface area (Å²) in [6, 6.07) is 6.85. The molecule has 2 saturated carbocycles. The number of amides is 3. The van der Waals surface area contributed by atoms with Gasteiger partial charge in [0.15, 0.2) is 0 Å².